The molecule has 5 nitrogen and oxygen atoms in total. The number of hydrogen-bond donors (Lipinski definition) is 2. The number of hydrogen-bond acceptors (Lipinski definition) is 3. The van der Waals surface area contributed by atoms with Gasteiger partial charge in [-0.05, 0) is 23.6 Å². The second kappa shape index (κ2) is 10.8. The molecule has 2 N–H and O–H groups in total. The van der Waals surface area contributed by atoms with Crippen LogP contribution in [0.4, 0.5) is 4.79 Å². The van der Waals surface area contributed by atoms with Gasteiger partial charge in [-0.1, -0.05) is 91.0 Å². The molecule has 0 aliphatic carbocycles. The van der Waals surface area contributed by atoms with Crippen molar-refractivity contribution < 1.29 is 14.3 Å². The highest BCUT2D eigenvalue weighted by atomic mass is 16.5. The van der Waals surface area contributed by atoms with Crippen LogP contribution in [0.1, 0.15) is 29.7 Å². The molecule has 5 heteroatoms. The monoisotopic (exact) mass is 402 g/mol. The first-order chi connectivity index (χ1) is 14.6. The average Bonchev–Trinajstić information content (AvgIpc) is 2.79. The van der Waals surface area contributed by atoms with Crippen molar-refractivity contribution in [3.63, 3.8) is 0 Å². The van der Waals surface area contributed by atoms with Crippen LogP contribution in [0.25, 0.3) is 0 Å². The van der Waals surface area contributed by atoms with Crippen LogP contribution in [0.3, 0.4) is 0 Å². The zero-order chi connectivity index (χ0) is 21.2. The highest BCUT2D eigenvalue weighted by Crippen LogP contribution is 2.12. The molecule has 0 fully saturated rings. The number of alkyl carbamates (subject to hydrolysis) is 1. The van der Waals surface area contributed by atoms with Gasteiger partial charge in [0.05, 0.1) is 6.04 Å². The maximum Gasteiger partial charge on any atom is 0.408 e. The van der Waals surface area contributed by atoms with Crippen molar-refractivity contribution in [2.45, 2.75) is 32.0 Å². The molecule has 2 amide bonds. The number of amides is 2. The molecule has 3 aromatic rings. The van der Waals surface area contributed by atoms with E-state index in [1.165, 1.54) is 0 Å². The third-order valence-electron chi connectivity index (χ3n) is 4.76. The Morgan fingerprint density at radius 1 is 0.767 bits per heavy atom. The molecule has 0 heterocycles. The largest absolute Gasteiger partial charge is 0.445 e. The third-order valence-corrected chi connectivity index (χ3v) is 4.76. The van der Waals surface area contributed by atoms with Crippen molar-refractivity contribution in [3.8, 4) is 0 Å². The Bertz CT molecular complexity index is 930. The molecule has 0 saturated carbocycles. The van der Waals surface area contributed by atoms with E-state index in [0.717, 1.165) is 16.7 Å². The lowest BCUT2D eigenvalue weighted by molar-refractivity contribution is -0.123. The maximum absolute atomic E-state index is 13.0. The molecule has 30 heavy (non-hydrogen) atoms. The molecular weight excluding hydrogens is 376 g/mol. The summed E-state index contributed by atoms with van der Waals surface area (Å²) in [4.78, 5) is 25.3. The first-order valence-electron chi connectivity index (χ1n) is 9.98. The van der Waals surface area contributed by atoms with E-state index < -0.39 is 12.1 Å². The zero-order valence-corrected chi connectivity index (χ0v) is 17.0. The minimum Gasteiger partial charge on any atom is -0.445 e. The van der Waals surface area contributed by atoms with Crippen molar-refractivity contribution in [1.82, 2.24) is 10.6 Å². The smallest absolute Gasteiger partial charge is 0.408 e. The summed E-state index contributed by atoms with van der Waals surface area (Å²) in [7, 11) is 0. The van der Waals surface area contributed by atoms with E-state index in [9.17, 15) is 9.59 Å². The predicted molar refractivity (Wildman–Crippen MR) is 117 cm³/mol. The van der Waals surface area contributed by atoms with Gasteiger partial charge in [0.1, 0.15) is 12.6 Å². The van der Waals surface area contributed by atoms with Crippen LogP contribution < -0.4 is 10.6 Å². The molecular formula is C25H26N2O3. The highest BCUT2D eigenvalue weighted by molar-refractivity contribution is 5.86. The Labute approximate surface area is 177 Å². The fourth-order valence-corrected chi connectivity index (χ4v) is 3.11. The van der Waals surface area contributed by atoms with Crippen molar-refractivity contribution in [3.05, 3.63) is 108 Å². The number of nitrogens with one attached hydrogen (secondary N) is 2. The maximum atomic E-state index is 13.0. The van der Waals surface area contributed by atoms with Gasteiger partial charge in [0.15, 0.2) is 0 Å². The normalized spacial score (nSPS) is 12.4. The number of carbonyl (C=O) groups excluding carboxylic acids is 2. The van der Waals surface area contributed by atoms with Gasteiger partial charge in [-0.2, -0.15) is 0 Å². The number of benzene rings is 3. The number of carbonyl (C=O) groups is 2. The summed E-state index contributed by atoms with van der Waals surface area (Å²) in [5.74, 6) is -0.258. The first-order valence-corrected chi connectivity index (χ1v) is 9.98. The Kier molecular flexibility index (Phi) is 7.61. The lowest BCUT2D eigenvalue weighted by atomic mass is 10.0. The van der Waals surface area contributed by atoms with Gasteiger partial charge in [0.2, 0.25) is 5.91 Å². The Morgan fingerprint density at radius 2 is 1.30 bits per heavy atom. The SMILES string of the molecule is CC(NC(=O)[C@H](Cc1ccccc1)NC(=O)OCc1ccccc1)c1ccccc1. The molecule has 1 unspecified atom stereocenters. The Morgan fingerprint density at radius 3 is 1.90 bits per heavy atom. The summed E-state index contributed by atoms with van der Waals surface area (Å²) in [6.07, 6.45) is -0.253. The van der Waals surface area contributed by atoms with Crippen molar-refractivity contribution in [1.29, 1.82) is 0 Å². The third kappa shape index (κ3) is 6.48. The molecule has 3 aromatic carbocycles. The predicted octanol–water partition coefficient (Wildman–Crippen LogP) is 4.40. The van der Waals surface area contributed by atoms with Crippen LogP contribution in [-0.4, -0.2) is 18.0 Å². The molecule has 0 spiro atoms. The van der Waals surface area contributed by atoms with E-state index in [1.54, 1.807) is 0 Å². The molecule has 0 aliphatic rings. The van der Waals surface area contributed by atoms with E-state index in [0.29, 0.717) is 6.42 Å². The van der Waals surface area contributed by atoms with E-state index in [2.05, 4.69) is 10.6 Å². The summed E-state index contributed by atoms with van der Waals surface area (Å²) in [6.45, 7) is 2.06. The van der Waals surface area contributed by atoms with Crippen LogP contribution in [0.5, 0.6) is 0 Å². The minimum atomic E-state index is -0.748. The molecule has 154 valence electrons. The second-order valence-corrected chi connectivity index (χ2v) is 7.09. The van der Waals surface area contributed by atoms with Gasteiger partial charge in [-0.3, -0.25) is 4.79 Å². The van der Waals surface area contributed by atoms with Crippen LogP contribution in [-0.2, 0) is 22.6 Å². The summed E-state index contributed by atoms with van der Waals surface area (Å²) in [6, 6.07) is 27.8. The summed E-state index contributed by atoms with van der Waals surface area (Å²) in [5, 5.41) is 5.71. The average molecular weight is 402 g/mol. The molecule has 3 rings (SSSR count). The number of ether oxygens (including phenoxy) is 1. The number of rotatable bonds is 8. The Balaban J connectivity index is 1.64. The standard InChI is InChI=1S/C25H26N2O3/c1-19(22-15-9-4-10-16-22)26-24(28)23(17-20-11-5-2-6-12-20)27-25(29)30-18-21-13-7-3-8-14-21/h2-16,19,23H,17-18H2,1H3,(H,26,28)(H,27,29)/t19?,23-/m0/s1. The van der Waals surface area contributed by atoms with Crippen molar-refractivity contribution in [2.24, 2.45) is 0 Å². The molecule has 0 radical (unpaired) electrons. The van der Waals surface area contributed by atoms with Crippen LogP contribution in [0.2, 0.25) is 0 Å². The fourth-order valence-electron chi connectivity index (χ4n) is 3.11. The quantitative estimate of drug-likeness (QED) is 0.587. The van der Waals surface area contributed by atoms with Gasteiger partial charge in [-0.25, -0.2) is 4.79 Å². The van der Waals surface area contributed by atoms with Crippen LogP contribution in [0.15, 0.2) is 91.0 Å². The Hall–Kier alpha value is -3.60. The van der Waals surface area contributed by atoms with Gasteiger partial charge in [0.25, 0.3) is 0 Å². The van der Waals surface area contributed by atoms with Gasteiger partial charge in [0, 0.05) is 6.42 Å². The van der Waals surface area contributed by atoms with E-state index in [4.69, 9.17) is 4.74 Å². The lowest BCUT2D eigenvalue weighted by Gasteiger charge is -2.21. The lowest BCUT2D eigenvalue weighted by Crippen LogP contribution is -2.48. The zero-order valence-electron chi connectivity index (χ0n) is 17.0. The van der Waals surface area contributed by atoms with Crippen LogP contribution >= 0.6 is 0 Å². The van der Waals surface area contributed by atoms with Gasteiger partial charge < -0.3 is 15.4 Å². The second-order valence-electron chi connectivity index (χ2n) is 7.09. The van der Waals surface area contributed by atoms with Crippen molar-refractivity contribution in [2.75, 3.05) is 0 Å². The summed E-state index contributed by atoms with van der Waals surface area (Å²) < 4.78 is 5.31. The molecule has 0 aromatic heterocycles. The topological polar surface area (TPSA) is 67.4 Å². The minimum absolute atomic E-state index is 0.146. The van der Waals surface area contributed by atoms with Gasteiger partial charge in [-0.15, -0.1) is 0 Å². The van der Waals surface area contributed by atoms with Crippen LogP contribution in [0, 0.1) is 0 Å². The first kappa shape index (κ1) is 21.1. The summed E-state index contributed by atoms with van der Waals surface area (Å²) in [5.41, 5.74) is 2.83. The highest BCUT2D eigenvalue weighted by Gasteiger charge is 2.23. The summed E-state index contributed by atoms with van der Waals surface area (Å²) >= 11 is 0. The molecule has 0 bridgehead atoms. The van der Waals surface area contributed by atoms with E-state index in [-0.39, 0.29) is 18.6 Å². The molecule has 0 saturated heterocycles. The van der Waals surface area contributed by atoms with E-state index >= 15 is 0 Å². The van der Waals surface area contributed by atoms with Gasteiger partial charge >= 0.3 is 6.09 Å². The molecule has 0 aliphatic heterocycles. The molecule has 2 atom stereocenters. The van der Waals surface area contributed by atoms with Crippen molar-refractivity contribution >= 4 is 12.0 Å². The fraction of sp³-hybridized carbons (Fsp3) is 0.200. The van der Waals surface area contributed by atoms with E-state index in [1.807, 2.05) is 97.9 Å².